The third kappa shape index (κ3) is 4.17. The molecule has 1 aromatic rings. The number of carbonyl (C=O) groups excluding carboxylic acids is 1. The molecule has 1 aromatic heterocycles. The molecule has 0 aliphatic heterocycles. The highest BCUT2D eigenvalue weighted by Crippen LogP contribution is 2.35. The first-order valence-electron chi connectivity index (χ1n) is 5.08. The van der Waals surface area contributed by atoms with Gasteiger partial charge in [-0.1, -0.05) is 0 Å². The van der Waals surface area contributed by atoms with E-state index in [0.717, 1.165) is 6.07 Å². The molecule has 0 unspecified atom stereocenters. The van der Waals surface area contributed by atoms with Crippen LogP contribution in [0.5, 0.6) is 0 Å². The molecule has 0 aliphatic rings. The maximum atomic E-state index is 12.7. The Morgan fingerprint density at radius 1 is 1.50 bits per heavy atom. The van der Waals surface area contributed by atoms with Crippen LogP contribution in [0.15, 0.2) is 16.7 Å². The van der Waals surface area contributed by atoms with Gasteiger partial charge in [0.1, 0.15) is 5.82 Å². The number of pyridine rings is 1. The van der Waals surface area contributed by atoms with Gasteiger partial charge in [0.25, 0.3) is 0 Å². The van der Waals surface area contributed by atoms with Crippen LogP contribution in [0.25, 0.3) is 0 Å². The van der Waals surface area contributed by atoms with Gasteiger partial charge in [0.2, 0.25) is 5.91 Å². The summed E-state index contributed by atoms with van der Waals surface area (Å²) in [4.78, 5) is 14.8. The van der Waals surface area contributed by atoms with Gasteiger partial charge in [0.15, 0.2) is 0 Å². The highest BCUT2D eigenvalue weighted by Gasteiger charge is 2.34. The number of likely N-dealkylation sites (N-methyl/N-ethyl adjacent to an activating group) is 1. The van der Waals surface area contributed by atoms with Gasteiger partial charge in [-0.05, 0) is 28.9 Å². The van der Waals surface area contributed by atoms with Gasteiger partial charge in [-0.15, -0.1) is 0 Å². The Morgan fingerprint density at radius 2 is 2.17 bits per heavy atom. The molecule has 0 bridgehead atoms. The summed E-state index contributed by atoms with van der Waals surface area (Å²) in [6.07, 6.45) is -3.30. The number of nitrogens with zero attached hydrogens (tertiary/aromatic N) is 1. The lowest BCUT2D eigenvalue weighted by molar-refractivity contribution is -0.137. The summed E-state index contributed by atoms with van der Waals surface area (Å²) in [5, 5.41) is 4.83. The molecule has 8 heteroatoms. The highest BCUT2D eigenvalue weighted by atomic mass is 79.9. The van der Waals surface area contributed by atoms with E-state index < -0.39 is 17.6 Å². The molecule has 0 atom stereocenters. The Bertz CT molecular complexity index is 437. The molecule has 1 amide bonds. The average molecular weight is 326 g/mol. The van der Waals surface area contributed by atoms with Crippen LogP contribution in [0.4, 0.5) is 19.0 Å². The van der Waals surface area contributed by atoms with E-state index in [9.17, 15) is 18.0 Å². The molecule has 0 saturated carbocycles. The Hall–Kier alpha value is -1.31. The van der Waals surface area contributed by atoms with Crippen molar-refractivity contribution in [2.24, 2.45) is 0 Å². The van der Waals surface area contributed by atoms with E-state index >= 15 is 0 Å². The molecule has 0 fully saturated rings. The predicted octanol–water partition coefficient (Wildman–Crippen LogP) is 2.41. The first-order valence-corrected chi connectivity index (χ1v) is 5.87. The number of anilines is 1. The fourth-order valence-corrected chi connectivity index (χ4v) is 1.55. The zero-order valence-corrected chi connectivity index (χ0v) is 11.0. The summed E-state index contributed by atoms with van der Waals surface area (Å²) >= 11 is 2.92. The summed E-state index contributed by atoms with van der Waals surface area (Å²) in [6, 6.07) is 0.910. The summed E-state index contributed by atoms with van der Waals surface area (Å²) in [5.74, 6) is -0.757. The minimum absolute atomic E-state index is 0.221. The minimum Gasteiger partial charge on any atom is -0.361 e. The lowest BCUT2D eigenvalue weighted by Gasteiger charge is -2.13. The van der Waals surface area contributed by atoms with Crippen LogP contribution in [0.1, 0.15) is 12.5 Å². The number of carbonyl (C=O) groups is 1. The zero-order chi connectivity index (χ0) is 13.8. The second-order valence-electron chi connectivity index (χ2n) is 3.35. The van der Waals surface area contributed by atoms with Gasteiger partial charge in [0, 0.05) is 17.2 Å². The SMILES string of the molecule is CCNC(=O)CNc1ncc(Br)cc1C(F)(F)F. The van der Waals surface area contributed by atoms with E-state index in [4.69, 9.17) is 0 Å². The van der Waals surface area contributed by atoms with Crippen molar-refractivity contribution >= 4 is 27.7 Å². The lowest BCUT2D eigenvalue weighted by atomic mass is 10.2. The maximum Gasteiger partial charge on any atom is 0.419 e. The van der Waals surface area contributed by atoms with Crippen molar-refractivity contribution in [1.29, 1.82) is 0 Å². The quantitative estimate of drug-likeness (QED) is 0.893. The molecule has 0 saturated heterocycles. The van der Waals surface area contributed by atoms with Gasteiger partial charge in [-0.25, -0.2) is 4.98 Å². The van der Waals surface area contributed by atoms with Crippen LogP contribution in [-0.2, 0) is 11.0 Å². The largest absolute Gasteiger partial charge is 0.419 e. The van der Waals surface area contributed by atoms with Gasteiger partial charge in [0.05, 0.1) is 12.1 Å². The Labute approximate surface area is 110 Å². The third-order valence-corrected chi connectivity index (χ3v) is 2.38. The van der Waals surface area contributed by atoms with Crippen molar-refractivity contribution in [2.45, 2.75) is 13.1 Å². The van der Waals surface area contributed by atoms with Gasteiger partial charge in [-0.3, -0.25) is 4.79 Å². The fourth-order valence-electron chi connectivity index (χ4n) is 1.22. The van der Waals surface area contributed by atoms with Crippen LogP contribution in [0, 0.1) is 0 Å². The molecule has 0 radical (unpaired) electrons. The molecule has 1 heterocycles. The van der Waals surface area contributed by atoms with Crippen LogP contribution < -0.4 is 10.6 Å². The van der Waals surface area contributed by atoms with Crippen LogP contribution in [0.3, 0.4) is 0 Å². The topological polar surface area (TPSA) is 54.0 Å². The van der Waals surface area contributed by atoms with Crippen LogP contribution in [0.2, 0.25) is 0 Å². The van der Waals surface area contributed by atoms with Crippen molar-refractivity contribution in [1.82, 2.24) is 10.3 Å². The number of alkyl halides is 3. The van der Waals surface area contributed by atoms with Crippen molar-refractivity contribution in [3.05, 3.63) is 22.3 Å². The number of hydrogen-bond acceptors (Lipinski definition) is 3. The van der Waals surface area contributed by atoms with Crippen molar-refractivity contribution in [2.75, 3.05) is 18.4 Å². The molecule has 1 rings (SSSR count). The van der Waals surface area contributed by atoms with E-state index in [1.165, 1.54) is 6.20 Å². The summed E-state index contributed by atoms with van der Waals surface area (Å²) < 4.78 is 38.3. The molecule has 0 aromatic carbocycles. The van der Waals surface area contributed by atoms with Gasteiger partial charge in [-0.2, -0.15) is 13.2 Å². The second-order valence-corrected chi connectivity index (χ2v) is 4.27. The monoisotopic (exact) mass is 325 g/mol. The van der Waals surface area contributed by atoms with E-state index in [2.05, 4.69) is 31.5 Å². The zero-order valence-electron chi connectivity index (χ0n) is 9.44. The smallest absolute Gasteiger partial charge is 0.361 e. The molecule has 0 aliphatic carbocycles. The Kier molecular flexibility index (Phi) is 4.94. The second kappa shape index (κ2) is 6.03. The first kappa shape index (κ1) is 14.7. The Balaban J connectivity index is 2.85. The van der Waals surface area contributed by atoms with Gasteiger partial charge >= 0.3 is 6.18 Å². The average Bonchev–Trinajstić information content (AvgIpc) is 2.26. The molecule has 0 spiro atoms. The first-order chi connectivity index (χ1) is 8.34. The van der Waals surface area contributed by atoms with Crippen molar-refractivity contribution in [3.63, 3.8) is 0 Å². The lowest BCUT2D eigenvalue weighted by Crippen LogP contribution is -2.30. The van der Waals surface area contributed by atoms with E-state index in [0.29, 0.717) is 6.54 Å². The predicted molar refractivity (Wildman–Crippen MR) is 64.1 cm³/mol. The number of halogens is 4. The van der Waals surface area contributed by atoms with Crippen LogP contribution in [-0.4, -0.2) is 24.0 Å². The molecule has 18 heavy (non-hydrogen) atoms. The summed E-state index contributed by atoms with van der Waals surface area (Å²) in [6.45, 7) is 1.88. The molecule has 2 N–H and O–H groups in total. The van der Waals surface area contributed by atoms with E-state index in [1.807, 2.05) is 0 Å². The number of aromatic nitrogens is 1. The van der Waals surface area contributed by atoms with Crippen molar-refractivity contribution in [3.8, 4) is 0 Å². The molecule has 100 valence electrons. The number of amides is 1. The number of rotatable bonds is 4. The molecular formula is C10H11BrF3N3O. The maximum absolute atomic E-state index is 12.7. The van der Waals surface area contributed by atoms with E-state index in [-0.39, 0.29) is 16.8 Å². The van der Waals surface area contributed by atoms with Crippen LogP contribution >= 0.6 is 15.9 Å². The molecular weight excluding hydrogens is 315 g/mol. The normalized spacial score (nSPS) is 11.2. The Morgan fingerprint density at radius 3 is 2.72 bits per heavy atom. The number of nitrogens with one attached hydrogen (secondary N) is 2. The summed E-state index contributed by atoms with van der Waals surface area (Å²) in [5.41, 5.74) is -0.916. The van der Waals surface area contributed by atoms with E-state index in [1.54, 1.807) is 6.92 Å². The van der Waals surface area contributed by atoms with Gasteiger partial charge < -0.3 is 10.6 Å². The minimum atomic E-state index is -4.53. The highest BCUT2D eigenvalue weighted by molar-refractivity contribution is 9.10. The third-order valence-electron chi connectivity index (χ3n) is 1.95. The standard InChI is InChI=1S/C10H11BrF3N3O/c1-2-15-8(18)5-17-9-7(10(12,13)14)3-6(11)4-16-9/h3-4H,2,5H2,1H3,(H,15,18)(H,16,17). The molecule has 4 nitrogen and oxygen atoms in total. The summed E-state index contributed by atoms with van der Waals surface area (Å²) in [7, 11) is 0. The fraction of sp³-hybridized carbons (Fsp3) is 0.400. The number of hydrogen-bond donors (Lipinski definition) is 2. The van der Waals surface area contributed by atoms with Crippen molar-refractivity contribution < 1.29 is 18.0 Å².